The molecular formula is C22H25FN2O5. The second kappa shape index (κ2) is 10.9. The fourth-order valence-electron chi connectivity index (χ4n) is 2.96. The zero-order chi connectivity index (χ0) is 22.1. The Hall–Kier alpha value is -3.42. The normalized spacial score (nSPS) is 12.4. The Labute approximate surface area is 174 Å². The molecule has 0 radical (unpaired) electrons. The molecule has 2 N–H and O–H groups in total. The second-order valence-electron chi connectivity index (χ2n) is 6.72. The zero-order valence-corrected chi connectivity index (χ0v) is 17.1. The quantitative estimate of drug-likeness (QED) is 0.608. The smallest absolute Gasteiger partial charge is 0.328 e. The maximum absolute atomic E-state index is 13.5. The van der Waals surface area contributed by atoms with Gasteiger partial charge in [0.25, 0.3) is 0 Å². The number of nitrogens with one attached hydrogen (secondary N) is 2. The fraction of sp³-hybridized carbons (Fsp3) is 0.318. The molecule has 2 rings (SSSR count). The summed E-state index contributed by atoms with van der Waals surface area (Å²) < 4.78 is 23.4. The van der Waals surface area contributed by atoms with Crippen molar-refractivity contribution in [2.45, 2.75) is 31.8 Å². The molecule has 8 heteroatoms. The van der Waals surface area contributed by atoms with Crippen LogP contribution in [0.4, 0.5) is 4.39 Å². The lowest BCUT2D eigenvalue weighted by Gasteiger charge is -2.22. The third kappa shape index (κ3) is 6.88. The largest absolute Gasteiger partial charge is 0.497 e. The van der Waals surface area contributed by atoms with Gasteiger partial charge in [0.05, 0.1) is 14.2 Å². The highest BCUT2D eigenvalue weighted by atomic mass is 19.1. The van der Waals surface area contributed by atoms with Crippen LogP contribution in [0.1, 0.15) is 18.1 Å². The number of hydrogen-bond donors (Lipinski definition) is 2. The molecular weight excluding hydrogens is 391 g/mol. The van der Waals surface area contributed by atoms with Crippen molar-refractivity contribution < 1.29 is 28.2 Å². The molecule has 160 valence electrons. The number of hydrogen-bond acceptors (Lipinski definition) is 5. The summed E-state index contributed by atoms with van der Waals surface area (Å²) in [4.78, 5) is 36.6. The Bertz CT molecular complexity index is 885. The molecule has 2 aromatic rings. The van der Waals surface area contributed by atoms with Crippen LogP contribution in [0, 0.1) is 5.82 Å². The Morgan fingerprint density at radius 2 is 1.60 bits per heavy atom. The van der Waals surface area contributed by atoms with E-state index in [4.69, 9.17) is 9.47 Å². The highest BCUT2D eigenvalue weighted by molar-refractivity contribution is 5.90. The lowest BCUT2D eigenvalue weighted by molar-refractivity contribution is -0.145. The fourth-order valence-corrected chi connectivity index (χ4v) is 2.96. The average Bonchev–Trinajstić information content (AvgIpc) is 2.72. The minimum absolute atomic E-state index is 0.0690. The molecule has 0 aromatic heterocycles. The standard InChI is InChI=1S/C22H25FN2O5/c1-14(26)24-19(13-16-5-4-6-17(23)11-16)21(27)25-20(22(28)30-3)12-15-7-9-18(29-2)10-8-15/h4-11,19-20H,12-13H2,1-3H3,(H,24,26)(H,25,27)/t19-,20+/m1/s1. The topological polar surface area (TPSA) is 93.7 Å². The minimum atomic E-state index is -0.979. The molecule has 7 nitrogen and oxygen atoms in total. The molecule has 2 atom stereocenters. The Morgan fingerprint density at radius 1 is 0.933 bits per heavy atom. The number of ether oxygens (including phenoxy) is 2. The molecule has 0 bridgehead atoms. The maximum Gasteiger partial charge on any atom is 0.328 e. The molecule has 0 saturated carbocycles. The van der Waals surface area contributed by atoms with E-state index in [0.717, 1.165) is 5.56 Å². The molecule has 0 spiro atoms. The number of carbonyl (C=O) groups excluding carboxylic acids is 3. The molecule has 30 heavy (non-hydrogen) atoms. The van der Waals surface area contributed by atoms with E-state index in [9.17, 15) is 18.8 Å². The van der Waals surface area contributed by atoms with E-state index in [-0.39, 0.29) is 12.8 Å². The van der Waals surface area contributed by atoms with Crippen molar-refractivity contribution in [3.63, 3.8) is 0 Å². The monoisotopic (exact) mass is 416 g/mol. The van der Waals surface area contributed by atoms with Gasteiger partial charge in [-0.25, -0.2) is 9.18 Å². The van der Waals surface area contributed by atoms with Gasteiger partial charge in [-0.15, -0.1) is 0 Å². The van der Waals surface area contributed by atoms with Gasteiger partial charge in [-0.1, -0.05) is 24.3 Å². The van der Waals surface area contributed by atoms with E-state index < -0.39 is 35.7 Å². The van der Waals surface area contributed by atoms with Crippen LogP contribution in [0.3, 0.4) is 0 Å². The number of benzene rings is 2. The Balaban J connectivity index is 2.16. The number of rotatable bonds is 9. The van der Waals surface area contributed by atoms with E-state index in [2.05, 4.69) is 10.6 Å². The van der Waals surface area contributed by atoms with Crippen LogP contribution in [0.5, 0.6) is 5.75 Å². The van der Waals surface area contributed by atoms with Gasteiger partial charge in [0.2, 0.25) is 11.8 Å². The van der Waals surface area contributed by atoms with E-state index in [0.29, 0.717) is 11.3 Å². The van der Waals surface area contributed by atoms with Crippen molar-refractivity contribution in [2.24, 2.45) is 0 Å². The number of esters is 1. The molecule has 0 unspecified atom stereocenters. The van der Waals surface area contributed by atoms with Crippen LogP contribution in [-0.2, 0) is 32.0 Å². The number of halogens is 1. The van der Waals surface area contributed by atoms with Gasteiger partial charge in [-0.05, 0) is 35.4 Å². The third-order valence-electron chi connectivity index (χ3n) is 4.42. The summed E-state index contributed by atoms with van der Waals surface area (Å²) in [6, 6.07) is 10.9. The van der Waals surface area contributed by atoms with Gasteiger partial charge >= 0.3 is 5.97 Å². The van der Waals surface area contributed by atoms with Crippen molar-refractivity contribution in [2.75, 3.05) is 14.2 Å². The first-order valence-electron chi connectivity index (χ1n) is 9.35. The van der Waals surface area contributed by atoms with Gasteiger partial charge in [0, 0.05) is 19.8 Å². The van der Waals surface area contributed by atoms with Gasteiger partial charge in [0.1, 0.15) is 23.7 Å². The SMILES string of the molecule is COC(=O)[C@H](Cc1ccc(OC)cc1)NC(=O)[C@@H](Cc1cccc(F)c1)NC(C)=O. The first-order chi connectivity index (χ1) is 14.3. The van der Waals surface area contributed by atoms with Gasteiger partial charge < -0.3 is 20.1 Å². The summed E-state index contributed by atoms with van der Waals surface area (Å²) in [5.41, 5.74) is 1.32. The lowest BCUT2D eigenvalue weighted by atomic mass is 10.0. The molecule has 0 heterocycles. The molecule has 0 aliphatic rings. The summed E-state index contributed by atoms with van der Waals surface area (Å²) in [5.74, 6) is -1.39. The van der Waals surface area contributed by atoms with Gasteiger partial charge in [0.15, 0.2) is 0 Å². The van der Waals surface area contributed by atoms with Crippen molar-refractivity contribution >= 4 is 17.8 Å². The number of amides is 2. The van der Waals surface area contributed by atoms with E-state index in [1.165, 1.54) is 32.2 Å². The summed E-state index contributed by atoms with van der Waals surface area (Å²) >= 11 is 0. The third-order valence-corrected chi connectivity index (χ3v) is 4.42. The van der Waals surface area contributed by atoms with Crippen molar-refractivity contribution in [3.8, 4) is 5.75 Å². The molecule has 0 aliphatic heterocycles. The van der Waals surface area contributed by atoms with E-state index >= 15 is 0 Å². The van der Waals surface area contributed by atoms with Crippen molar-refractivity contribution in [3.05, 3.63) is 65.5 Å². The Morgan fingerprint density at radius 3 is 2.17 bits per heavy atom. The number of methoxy groups -OCH3 is 2. The van der Waals surface area contributed by atoms with Crippen LogP contribution < -0.4 is 15.4 Å². The van der Waals surface area contributed by atoms with E-state index in [1.54, 1.807) is 37.4 Å². The van der Waals surface area contributed by atoms with Gasteiger partial charge in [-0.2, -0.15) is 0 Å². The van der Waals surface area contributed by atoms with Crippen LogP contribution in [0.25, 0.3) is 0 Å². The van der Waals surface area contributed by atoms with Crippen LogP contribution in [0.2, 0.25) is 0 Å². The molecule has 0 fully saturated rings. The summed E-state index contributed by atoms with van der Waals surface area (Å²) in [5, 5.41) is 5.18. The highest BCUT2D eigenvalue weighted by Crippen LogP contribution is 2.14. The molecule has 2 aromatic carbocycles. The summed E-state index contributed by atoms with van der Waals surface area (Å²) in [6.07, 6.45) is 0.259. The van der Waals surface area contributed by atoms with Crippen LogP contribution >= 0.6 is 0 Å². The molecule has 0 aliphatic carbocycles. The van der Waals surface area contributed by atoms with Crippen molar-refractivity contribution in [1.82, 2.24) is 10.6 Å². The van der Waals surface area contributed by atoms with Crippen LogP contribution in [0.15, 0.2) is 48.5 Å². The second-order valence-corrected chi connectivity index (χ2v) is 6.72. The van der Waals surface area contributed by atoms with E-state index in [1.807, 2.05) is 0 Å². The summed E-state index contributed by atoms with van der Waals surface area (Å²) in [6.45, 7) is 1.28. The predicted molar refractivity (Wildman–Crippen MR) is 108 cm³/mol. The first-order valence-corrected chi connectivity index (χ1v) is 9.35. The number of carbonyl (C=O) groups is 3. The Kier molecular flexibility index (Phi) is 8.34. The summed E-state index contributed by atoms with van der Waals surface area (Å²) in [7, 11) is 2.78. The zero-order valence-electron chi connectivity index (χ0n) is 17.1. The predicted octanol–water partition coefficient (Wildman–Crippen LogP) is 1.78. The lowest BCUT2D eigenvalue weighted by Crippen LogP contribution is -2.53. The highest BCUT2D eigenvalue weighted by Gasteiger charge is 2.27. The molecule has 0 saturated heterocycles. The maximum atomic E-state index is 13.5. The first kappa shape index (κ1) is 22.9. The van der Waals surface area contributed by atoms with Crippen LogP contribution in [-0.4, -0.2) is 44.1 Å². The average molecular weight is 416 g/mol. The minimum Gasteiger partial charge on any atom is -0.497 e. The molecule has 2 amide bonds. The van der Waals surface area contributed by atoms with Crippen molar-refractivity contribution in [1.29, 1.82) is 0 Å². The van der Waals surface area contributed by atoms with Gasteiger partial charge in [-0.3, -0.25) is 9.59 Å².